The minimum atomic E-state index is 0.264. The fourth-order valence-electron chi connectivity index (χ4n) is 3.12. The van der Waals surface area contributed by atoms with E-state index in [2.05, 4.69) is 36.5 Å². The van der Waals surface area contributed by atoms with Crippen molar-refractivity contribution < 1.29 is 4.74 Å². The minimum Gasteiger partial charge on any atom is -0.376 e. The van der Waals surface area contributed by atoms with Crippen molar-refractivity contribution in [3.8, 4) is 11.3 Å². The quantitative estimate of drug-likeness (QED) is 0.756. The zero-order valence-electron chi connectivity index (χ0n) is 13.6. The lowest BCUT2D eigenvalue weighted by atomic mass is 10.1. The number of nitrogens with one attached hydrogen (secondary N) is 1. The first-order chi connectivity index (χ1) is 11.7. The SMILES string of the molecule is Cc1ccc(-c2nc3ccc(Cl)cn3c2NC[C@@H]2CCCO2)cc1. The van der Waals surface area contributed by atoms with Crippen molar-refractivity contribution in [3.63, 3.8) is 0 Å². The van der Waals surface area contributed by atoms with Crippen LogP contribution in [0.5, 0.6) is 0 Å². The van der Waals surface area contributed by atoms with Crippen LogP contribution in [0.3, 0.4) is 0 Å². The van der Waals surface area contributed by atoms with Gasteiger partial charge in [0.05, 0.1) is 11.1 Å². The Kier molecular flexibility index (Phi) is 4.17. The second-order valence-corrected chi connectivity index (χ2v) is 6.70. The van der Waals surface area contributed by atoms with E-state index >= 15 is 0 Å². The smallest absolute Gasteiger partial charge is 0.139 e. The Bertz CT molecular complexity index is 851. The van der Waals surface area contributed by atoms with Crippen LogP contribution in [0, 0.1) is 6.92 Å². The molecule has 0 radical (unpaired) electrons. The Labute approximate surface area is 146 Å². The summed E-state index contributed by atoms with van der Waals surface area (Å²) in [5.74, 6) is 0.965. The Morgan fingerprint density at radius 3 is 2.83 bits per heavy atom. The third kappa shape index (κ3) is 2.99. The zero-order valence-corrected chi connectivity index (χ0v) is 14.4. The number of halogens is 1. The van der Waals surface area contributed by atoms with Crippen molar-refractivity contribution in [2.75, 3.05) is 18.5 Å². The largest absolute Gasteiger partial charge is 0.376 e. The van der Waals surface area contributed by atoms with E-state index in [1.807, 2.05) is 22.7 Å². The molecule has 24 heavy (non-hydrogen) atoms. The van der Waals surface area contributed by atoms with Gasteiger partial charge in [0, 0.05) is 24.9 Å². The van der Waals surface area contributed by atoms with E-state index in [9.17, 15) is 0 Å². The number of fused-ring (bicyclic) bond motifs is 1. The average molecular weight is 342 g/mol. The third-order valence-corrected chi connectivity index (χ3v) is 4.65. The summed E-state index contributed by atoms with van der Waals surface area (Å²) in [7, 11) is 0. The molecule has 1 fully saturated rings. The van der Waals surface area contributed by atoms with Gasteiger partial charge in [0.1, 0.15) is 17.2 Å². The summed E-state index contributed by atoms with van der Waals surface area (Å²) >= 11 is 6.19. The second-order valence-electron chi connectivity index (χ2n) is 6.27. The lowest BCUT2D eigenvalue weighted by Gasteiger charge is -2.13. The maximum Gasteiger partial charge on any atom is 0.139 e. The van der Waals surface area contributed by atoms with Gasteiger partial charge in [-0.25, -0.2) is 4.98 Å². The summed E-state index contributed by atoms with van der Waals surface area (Å²) in [6.07, 6.45) is 4.40. The van der Waals surface area contributed by atoms with Gasteiger partial charge in [0.15, 0.2) is 0 Å². The molecule has 4 rings (SSSR count). The van der Waals surface area contributed by atoms with Crippen molar-refractivity contribution in [2.45, 2.75) is 25.9 Å². The van der Waals surface area contributed by atoms with E-state index in [0.717, 1.165) is 48.7 Å². The molecule has 0 unspecified atom stereocenters. The first-order valence-electron chi connectivity index (χ1n) is 8.31. The van der Waals surface area contributed by atoms with Gasteiger partial charge in [-0.15, -0.1) is 0 Å². The molecule has 1 aliphatic heterocycles. The molecule has 0 amide bonds. The summed E-state index contributed by atoms with van der Waals surface area (Å²) in [6.45, 7) is 3.72. The molecule has 0 saturated carbocycles. The van der Waals surface area contributed by atoms with E-state index in [1.54, 1.807) is 0 Å². The monoisotopic (exact) mass is 341 g/mol. The van der Waals surface area contributed by atoms with Crippen molar-refractivity contribution in [3.05, 3.63) is 53.2 Å². The van der Waals surface area contributed by atoms with Crippen molar-refractivity contribution in [2.24, 2.45) is 0 Å². The number of imidazole rings is 1. The standard InChI is InChI=1S/C19H20ClN3O/c1-13-4-6-14(7-5-13)18-19(21-11-16-3-2-10-24-16)23-12-15(20)8-9-17(23)22-18/h4-9,12,16,21H,2-3,10-11H2,1H3/t16-/m0/s1. The molecule has 1 saturated heterocycles. The van der Waals surface area contributed by atoms with Gasteiger partial charge in [-0.05, 0) is 31.9 Å². The Balaban J connectivity index is 1.75. The number of ether oxygens (including phenoxy) is 1. The lowest BCUT2D eigenvalue weighted by Crippen LogP contribution is -2.19. The molecular weight excluding hydrogens is 322 g/mol. The number of pyridine rings is 1. The van der Waals surface area contributed by atoms with E-state index in [-0.39, 0.29) is 6.10 Å². The molecule has 4 nitrogen and oxygen atoms in total. The predicted molar refractivity (Wildman–Crippen MR) is 97.8 cm³/mol. The Hall–Kier alpha value is -2.04. The van der Waals surface area contributed by atoms with Gasteiger partial charge in [-0.1, -0.05) is 41.4 Å². The van der Waals surface area contributed by atoms with Gasteiger partial charge in [-0.3, -0.25) is 4.40 Å². The van der Waals surface area contributed by atoms with Crippen LogP contribution in [-0.4, -0.2) is 28.6 Å². The van der Waals surface area contributed by atoms with E-state index in [1.165, 1.54) is 5.56 Å². The summed E-state index contributed by atoms with van der Waals surface area (Å²) in [4.78, 5) is 4.80. The molecule has 3 aromatic rings. The first-order valence-corrected chi connectivity index (χ1v) is 8.68. The highest BCUT2D eigenvalue weighted by Crippen LogP contribution is 2.30. The second kappa shape index (κ2) is 6.46. The predicted octanol–water partition coefficient (Wildman–Crippen LogP) is 4.55. The molecule has 0 bridgehead atoms. The number of hydrogen-bond acceptors (Lipinski definition) is 3. The number of nitrogens with zero attached hydrogens (tertiary/aromatic N) is 2. The van der Waals surface area contributed by atoms with Crippen LogP contribution < -0.4 is 5.32 Å². The number of rotatable bonds is 4. The van der Waals surface area contributed by atoms with Gasteiger partial charge in [-0.2, -0.15) is 0 Å². The van der Waals surface area contributed by atoms with Crippen LogP contribution in [0.2, 0.25) is 5.02 Å². The van der Waals surface area contributed by atoms with Crippen molar-refractivity contribution >= 4 is 23.1 Å². The molecule has 124 valence electrons. The molecule has 1 N–H and O–H groups in total. The van der Waals surface area contributed by atoms with Crippen LogP contribution in [0.25, 0.3) is 16.9 Å². The van der Waals surface area contributed by atoms with Gasteiger partial charge < -0.3 is 10.1 Å². The van der Waals surface area contributed by atoms with Gasteiger partial charge in [0.25, 0.3) is 0 Å². The number of anilines is 1. The van der Waals surface area contributed by atoms with Crippen molar-refractivity contribution in [1.82, 2.24) is 9.38 Å². The highest BCUT2D eigenvalue weighted by Gasteiger charge is 2.19. The van der Waals surface area contributed by atoms with Gasteiger partial charge >= 0.3 is 0 Å². The molecule has 0 aliphatic carbocycles. The first kappa shape index (κ1) is 15.5. The molecule has 1 aromatic carbocycles. The number of benzene rings is 1. The Morgan fingerprint density at radius 2 is 2.08 bits per heavy atom. The maximum atomic E-state index is 6.19. The molecule has 1 atom stereocenters. The molecule has 3 heterocycles. The molecule has 0 spiro atoms. The van der Waals surface area contributed by atoms with Crippen LogP contribution in [0.15, 0.2) is 42.6 Å². The van der Waals surface area contributed by atoms with E-state index in [4.69, 9.17) is 21.3 Å². The summed E-state index contributed by atoms with van der Waals surface area (Å²) in [6, 6.07) is 12.2. The van der Waals surface area contributed by atoms with Crippen LogP contribution >= 0.6 is 11.6 Å². The fourth-order valence-corrected chi connectivity index (χ4v) is 3.28. The lowest BCUT2D eigenvalue weighted by molar-refractivity contribution is 0.120. The summed E-state index contributed by atoms with van der Waals surface area (Å²) in [5, 5.41) is 4.23. The van der Waals surface area contributed by atoms with E-state index in [0.29, 0.717) is 5.02 Å². The number of aromatic nitrogens is 2. The highest BCUT2D eigenvalue weighted by molar-refractivity contribution is 6.30. The van der Waals surface area contributed by atoms with Gasteiger partial charge in [0.2, 0.25) is 0 Å². The normalized spacial score (nSPS) is 17.5. The van der Waals surface area contributed by atoms with Crippen LogP contribution in [-0.2, 0) is 4.74 Å². The number of hydrogen-bond donors (Lipinski definition) is 1. The van der Waals surface area contributed by atoms with Crippen LogP contribution in [0.4, 0.5) is 5.82 Å². The zero-order chi connectivity index (χ0) is 16.5. The molecule has 5 heteroatoms. The fraction of sp³-hybridized carbons (Fsp3) is 0.316. The van der Waals surface area contributed by atoms with Crippen LogP contribution in [0.1, 0.15) is 18.4 Å². The average Bonchev–Trinajstić information content (AvgIpc) is 3.21. The van der Waals surface area contributed by atoms with Crippen molar-refractivity contribution in [1.29, 1.82) is 0 Å². The Morgan fingerprint density at radius 1 is 1.25 bits per heavy atom. The molecule has 1 aliphatic rings. The number of aryl methyl sites for hydroxylation is 1. The summed E-state index contributed by atoms with van der Waals surface area (Å²) in [5.41, 5.74) is 4.15. The minimum absolute atomic E-state index is 0.264. The maximum absolute atomic E-state index is 6.19. The summed E-state index contributed by atoms with van der Waals surface area (Å²) < 4.78 is 7.75. The molecular formula is C19H20ClN3O. The highest BCUT2D eigenvalue weighted by atomic mass is 35.5. The topological polar surface area (TPSA) is 38.6 Å². The third-order valence-electron chi connectivity index (χ3n) is 4.43. The molecule has 2 aromatic heterocycles. The van der Waals surface area contributed by atoms with E-state index < -0.39 is 0 Å².